The van der Waals surface area contributed by atoms with Gasteiger partial charge < -0.3 is 0 Å². The highest BCUT2D eigenvalue weighted by Crippen LogP contribution is 2.33. The van der Waals surface area contributed by atoms with Gasteiger partial charge in [0.25, 0.3) is 0 Å². The van der Waals surface area contributed by atoms with Gasteiger partial charge in [-0.1, -0.05) is 194 Å². The summed E-state index contributed by atoms with van der Waals surface area (Å²) in [5, 5.41) is 17.9. The molecule has 494 valence electrons. The Morgan fingerprint density at radius 1 is 0.190 bits per heavy atom. The van der Waals surface area contributed by atoms with Crippen LogP contribution in [0.3, 0.4) is 0 Å². The second-order valence-corrected chi connectivity index (χ2v) is 24.5. The number of fused-ring (bicyclic) bond motifs is 9. The molecule has 0 spiro atoms. The summed E-state index contributed by atoms with van der Waals surface area (Å²) >= 11 is 0. The van der Waals surface area contributed by atoms with Crippen molar-refractivity contribution in [2.75, 3.05) is 0 Å². The fraction of sp³-hybridized carbons (Fsp3) is 0. The first-order valence-corrected chi connectivity index (χ1v) is 33.9. The third kappa shape index (κ3) is 12.9. The average molecular weight is 1350 g/mol. The first kappa shape index (κ1) is 62.3. The van der Waals surface area contributed by atoms with E-state index in [1.54, 1.807) is 37.2 Å². The van der Waals surface area contributed by atoms with Crippen LogP contribution in [0.15, 0.2) is 334 Å². The van der Waals surface area contributed by atoms with Crippen LogP contribution in [0.25, 0.3) is 175 Å². The Balaban J connectivity index is 0.000000114. The number of hydrogen-bond acceptors (Lipinski definition) is 16. The van der Waals surface area contributed by atoms with Crippen molar-refractivity contribution in [3.05, 3.63) is 334 Å². The molecule has 7 aromatic carbocycles. The van der Waals surface area contributed by atoms with Gasteiger partial charge in [0.1, 0.15) is 28.5 Å². The zero-order chi connectivity index (χ0) is 69.8. The topological polar surface area (TPSA) is 219 Å². The first-order valence-electron chi connectivity index (χ1n) is 33.9. The Kier molecular flexibility index (Phi) is 16.4. The van der Waals surface area contributed by atoms with Gasteiger partial charge in [0.2, 0.25) is 0 Å². The van der Waals surface area contributed by atoms with E-state index in [0.29, 0.717) is 80.9 Å². The predicted octanol–water partition coefficient (Wildman–Crippen LogP) is 17.9. The van der Waals surface area contributed by atoms with E-state index in [0.717, 1.165) is 82.6 Å². The molecule has 0 N–H and O–H groups in total. The molecule has 0 bridgehead atoms. The Labute approximate surface area is 599 Å². The molecule has 0 aliphatic rings. The summed E-state index contributed by atoms with van der Waals surface area (Å²) in [5.74, 6) is 4.76. The van der Waals surface area contributed by atoms with Crippen molar-refractivity contribution < 1.29 is 0 Å². The van der Waals surface area contributed by atoms with E-state index in [4.69, 9.17) is 40.2 Å². The minimum absolute atomic E-state index is 0.476. The Morgan fingerprint density at radius 3 is 0.819 bits per heavy atom. The summed E-state index contributed by atoms with van der Waals surface area (Å²) < 4.78 is 5.79. The van der Waals surface area contributed by atoms with Crippen molar-refractivity contribution in [2.24, 2.45) is 0 Å². The lowest BCUT2D eigenvalue weighted by Crippen LogP contribution is -2.02. The second kappa shape index (κ2) is 27.6. The van der Waals surface area contributed by atoms with E-state index in [-0.39, 0.29) is 0 Å². The van der Waals surface area contributed by atoms with E-state index in [1.807, 2.05) is 159 Å². The normalized spacial score (nSPS) is 11.2. The quantitative estimate of drug-likeness (QED) is 0.117. The molecule has 0 amide bonds. The van der Waals surface area contributed by atoms with Crippen LogP contribution >= 0.6 is 0 Å². The summed E-state index contributed by atoms with van der Waals surface area (Å²) in [6.07, 6.45) is 10.4. The molecule has 0 saturated heterocycles. The standard InChI is InChI=1S/C38H25N5.2C24H15N7/c1-3-9-26(10-4-1)28-15-19-31(20-16-28)36-39-37(32-21-17-29(18-22-32)27-11-5-2-6-12-27)41-38(40-36)34-25-33-24-23-30-13-7-8-14-35(30)43(33)42-34;1-2-10-21-16(7-1)11-12-17-15-20(30-31(17)21)24-28-22(18-8-3-5-13-25-18)27-23(29-24)19-9-4-6-14-26-19;1-2-8-21-16(5-1)9-10-19-13-20(30-31(19)21)24-28-22(17-6-3-11-25-14-17)27-23(29-24)18-7-4-12-26-15-18/h1-25H;2*1-15H. The number of para-hydroxylation sites is 3. The molecule has 20 rings (SSSR count). The van der Waals surface area contributed by atoms with Gasteiger partial charge in [-0.05, 0) is 125 Å². The Morgan fingerprint density at radius 2 is 0.476 bits per heavy atom. The van der Waals surface area contributed by atoms with Gasteiger partial charge in [0.15, 0.2) is 52.4 Å². The van der Waals surface area contributed by atoms with Crippen LogP contribution in [0.5, 0.6) is 0 Å². The van der Waals surface area contributed by atoms with Crippen molar-refractivity contribution in [2.45, 2.75) is 0 Å². The predicted molar refractivity (Wildman–Crippen MR) is 409 cm³/mol. The van der Waals surface area contributed by atoms with Gasteiger partial charge >= 0.3 is 0 Å². The van der Waals surface area contributed by atoms with Gasteiger partial charge in [-0.2, -0.15) is 15.3 Å². The van der Waals surface area contributed by atoms with Crippen LogP contribution in [0.4, 0.5) is 0 Å². The van der Waals surface area contributed by atoms with Crippen molar-refractivity contribution in [3.63, 3.8) is 0 Å². The molecule has 0 saturated carbocycles. The lowest BCUT2D eigenvalue weighted by Gasteiger charge is -2.09. The molecular formula is C86H55N19. The van der Waals surface area contributed by atoms with E-state index in [2.05, 4.69) is 192 Å². The highest BCUT2D eigenvalue weighted by molar-refractivity contribution is 5.86. The minimum atomic E-state index is 0.476. The lowest BCUT2D eigenvalue weighted by molar-refractivity contribution is 0.980. The van der Waals surface area contributed by atoms with Gasteiger partial charge in [-0.3, -0.25) is 19.9 Å². The van der Waals surface area contributed by atoms with Crippen molar-refractivity contribution in [3.8, 4) is 125 Å². The van der Waals surface area contributed by atoms with Crippen LogP contribution in [0.1, 0.15) is 0 Å². The highest BCUT2D eigenvalue weighted by Gasteiger charge is 2.21. The second-order valence-electron chi connectivity index (χ2n) is 24.5. The van der Waals surface area contributed by atoms with Gasteiger partial charge in [-0.25, -0.2) is 58.4 Å². The fourth-order valence-electron chi connectivity index (χ4n) is 12.5. The smallest absolute Gasteiger partial charge is 0.184 e. The summed E-state index contributed by atoms with van der Waals surface area (Å²) in [4.78, 5) is 60.1. The molecular weight excluding hydrogens is 1300 g/mol. The summed E-state index contributed by atoms with van der Waals surface area (Å²) in [6.45, 7) is 0. The monoisotopic (exact) mass is 1350 g/mol. The zero-order valence-corrected chi connectivity index (χ0v) is 55.8. The third-order valence-corrected chi connectivity index (χ3v) is 17.7. The van der Waals surface area contributed by atoms with Crippen LogP contribution in [-0.4, -0.2) is 93.6 Å². The number of hydrogen-bond donors (Lipinski definition) is 0. The lowest BCUT2D eigenvalue weighted by atomic mass is 10.0. The van der Waals surface area contributed by atoms with Crippen molar-refractivity contribution in [1.29, 1.82) is 0 Å². The molecule has 0 atom stereocenters. The molecule has 0 aliphatic heterocycles. The fourth-order valence-corrected chi connectivity index (χ4v) is 12.5. The molecule has 105 heavy (non-hydrogen) atoms. The molecule has 13 heterocycles. The zero-order valence-electron chi connectivity index (χ0n) is 55.8. The minimum Gasteiger partial charge on any atom is -0.264 e. The largest absolute Gasteiger partial charge is 0.264 e. The van der Waals surface area contributed by atoms with Crippen molar-refractivity contribution in [1.82, 2.24) is 93.6 Å². The summed E-state index contributed by atoms with van der Waals surface area (Å²) in [6, 6.07) is 99.2. The number of benzene rings is 7. The molecule has 19 heteroatoms. The first-order chi connectivity index (χ1) is 52.0. The maximum Gasteiger partial charge on any atom is 0.184 e. The number of nitrogens with zero attached hydrogens (tertiary/aromatic N) is 19. The molecule has 0 unspecified atom stereocenters. The molecule has 13 aromatic heterocycles. The highest BCUT2D eigenvalue weighted by atomic mass is 15.3. The van der Waals surface area contributed by atoms with E-state index in [1.165, 1.54) is 11.1 Å². The number of pyridine rings is 7. The number of rotatable bonds is 11. The Hall–Kier alpha value is -15.0. The van der Waals surface area contributed by atoms with Gasteiger partial charge in [-0.15, -0.1) is 0 Å². The maximum absolute atomic E-state index is 4.95. The van der Waals surface area contributed by atoms with Crippen LogP contribution in [0, 0.1) is 0 Å². The maximum atomic E-state index is 4.95. The molecule has 0 aliphatic carbocycles. The van der Waals surface area contributed by atoms with Gasteiger partial charge in [0, 0.05) is 75.6 Å². The Bertz CT molecular complexity index is 6050. The number of aromatic nitrogens is 19. The van der Waals surface area contributed by atoms with Crippen molar-refractivity contribution >= 4 is 49.3 Å². The molecule has 0 fully saturated rings. The summed E-state index contributed by atoms with van der Waals surface area (Å²) in [5.41, 5.74) is 17.4. The summed E-state index contributed by atoms with van der Waals surface area (Å²) in [7, 11) is 0. The van der Waals surface area contributed by atoms with E-state index in [9.17, 15) is 0 Å². The average Bonchev–Trinajstić information content (AvgIpc) is 1.65. The third-order valence-electron chi connectivity index (χ3n) is 17.7. The van der Waals surface area contributed by atoms with E-state index < -0.39 is 0 Å². The molecule has 0 radical (unpaired) electrons. The van der Waals surface area contributed by atoms with Gasteiger partial charge in [0.05, 0.1) is 33.1 Å². The molecule has 19 nitrogen and oxygen atoms in total. The van der Waals surface area contributed by atoms with Crippen LogP contribution in [0.2, 0.25) is 0 Å². The SMILES string of the molecule is c1ccc(-c2ccc(-c3nc(-c4ccc(-c5ccccc5)cc4)nc(-c4cc5ccc6ccccc6n5n4)n3)cc2)cc1.c1ccc(-c2nc(-c3ccccn3)nc(-c3cc4ccc5ccccc5n4n3)n2)nc1.c1cncc(-c2nc(-c3cccnc3)nc(-c3cc4ccc5ccccc5n4n3)n2)c1. The van der Waals surface area contributed by atoms with Crippen LogP contribution < -0.4 is 0 Å². The molecule has 20 aromatic rings. The van der Waals surface area contributed by atoms with E-state index >= 15 is 0 Å². The van der Waals surface area contributed by atoms with Crippen LogP contribution in [-0.2, 0) is 0 Å².